The van der Waals surface area contributed by atoms with Crippen molar-refractivity contribution in [1.29, 1.82) is 0 Å². The van der Waals surface area contributed by atoms with E-state index in [1.165, 1.54) is 12.1 Å². The van der Waals surface area contributed by atoms with Gasteiger partial charge in [0.2, 0.25) is 0 Å². The molecule has 2 unspecified atom stereocenters. The summed E-state index contributed by atoms with van der Waals surface area (Å²) in [6.45, 7) is 9.02. The van der Waals surface area contributed by atoms with Crippen molar-refractivity contribution in [3.63, 3.8) is 0 Å². The quantitative estimate of drug-likeness (QED) is 0.805. The van der Waals surface area contributed by atoms with Gasteiger partial charge in [0, 0.05) is 0 Å². The normalized spacial score (nSPS) is 15.2. The minimum absolute atomic E-state index is 0.0666. The van der Waals surface area contributed by atoms with Gasteiger partial charge in [-0.1, -0.05) is 32.9 Å². The first-order valence-electron chi connectivity index (χ1n) is 7.27. The Labute approximate surface area is 124 Å². The number of ether oxygens (including phenoxy) is 1. The van der Waals surface area contributed by atoms with Crippen LogP contribution in [0.4, 0.5) is 13.2 Å². The number of nitrogens with one attached hydrogen (secondary N) is 1. The lowest BCUT2D eigenvalue weighted by Crippen LogP contribution is -2.28. The molecular weight excluding hydrogens is 279 g/mol. The van der Waals surface area contributed by atoms with E-state index in [0.717, 1.165) is 6.07 Å². The second-order valence-corrected chi connectivity index (χ2v) is 5.52. The molecule has 0 radical (unpaired) electrons. The van der Waals surface area contributed by atoms with Gasteiger partial charge in [-0.15, -0.1) is 0 Å². The van der Waals surface area contributed by atoms with Crippen LogP contribution < -0.4 is 5.32 Å². The number of hydrogen-bond donors (Lipinski definition) is 1. The van der Waals surface area contributed by atoms with Gasteiger partial charge in [-0.3, -0.25) is 0 Å². The van der Waals surface area contributed by atoms with E-state index >= 15 is 0 Å². The Morgan fingerprint density at radius 1 is 1.19 bits per heavy atom. The monoisotopic (exact) mass is 303 g/mol. The molecule has 21 heavy (non-hydrogen) atoms. The second kappa shape index (κ2) is 7.80. The molecule has 120 valence electrons. The Morgan fingerprint density at radius 3 is 2.38 bits per heavy atom. The largest absolute Gasteiger partial charge is 0.416 e. The van der Waals surface area contributed by atoms with Crippen LogP contribution in [0.2, 0.25) is 0 Å². The fraction of sp³-hybridized carbons (Fsp3) is 0.625. The van der Waals surface area contributed by atoms with Gasteiger partial charge in [0.1, 0.15) is 0 Å². The summed E-state index contributed by atoms with van der Waals surface area (Å²) in [5.41, 5.74) is -0.0255. The number of alkyl halides is 3. The Bertz CT molecular complexity index is 432. The average molecular weight is 303 g/mol. The minimum atomic E-state index is -4.32. The minimum Gasteiger partial charge on any atom is -0.376 e. The summed E-state index contributed by atoms with van der Waals surface area (Å²) in [4.78, 5) is 0. The molecular formula is C16H24F3NO. The van der Waals surface area contributed by atoms with Gasteiger partial charge in [0.25, 0.3) is 0 Å². The van der Waals surface area contributed by atoms with Crippen LogP contribution in [0.15, 0.2) is 24.3 Å². The molecule has 0 bridgehead atoms. The third-order valence-corrected chi connectivity index (χ3v) is 3.53. The lowest BCUT2D eigenvalue weighted by atomic mass is 10.0. The standard InChI is InChI=1S/C16H24F3NO/c1-5-20-15(10-21-12(4)11(2)3)13-7-6-8-14(9-13)16(17,18)19/h6-9,11-12,15,20H,5,10H2,1-4H3. The molecule has 0 saturated heterocycles. The molecule has 0 fully saturated rings. The van der Waals surface area contributed by atoms with Crippen molar-refractivity contribution in [2.45, 2.75) is 46.0 Å². The average Bonchev–Trinajstić information content (AvgIpc) is 2.42. The zero-order valence-electron chi connectivity index (χ0n) is 13.0. The first-order chi connectivity index (χ1) is 9.75. The lowest BCUT2D eigenvalue weighted by molar-refractivity contribution is -0.137. The zero-order valence-corrected chi connectivity index (χ0v) is 13.0. The van der Waals surface area contributed by atoms with Crippen molar-refractivity contribution in [2.75, 3.05) is 13.2 Å². The summed E-state index contributed by atoms with van der Waals surface area (Å²) in [6.07, 6.45) is -4.25. The topological polar surface area (TPSA) is 21.3 Å². The van der Waals surface area contributed by atoms with Crippen molar-refractivity contribution < 1.29 is 17.9 Å². The highest BCUT2D eigenvalue weighted by Crippen LogP contribution is 2.31. The molecule has 0 heterocycles. The van der Waals surface area contributed by atoms with E-state index in [1.807, 2.05) is 13.8 Å². The Hall–Kier alpha value is -1.07. The summed E-state index contributed by atoms with van der Waals surface area (Å²) < 4.78 is 44.1. The van der Waals surface area contributed by atoms with E-state index in [1.54, 1.807) is 6.07 Å². The molecule has 0 saturated carbocycles. The summed E-state index contributed by atoms with van der Waals surface area (Å²) in [7, 11) is 0. The molecule has 1 aromatic rings. The molecule has 0 aliphatic heterocycles. The van der Waals surface area contributed by atoms with Crippen LogP contribution in [-0.4, -0.2) is 19.3 Å². The highest BCUT2D eigenvalue weighted by atomic mass is 19.4. The molecule has 5 heteroatoms. The predicted molar refractivity (Wildman–Crippen MR) is 78.1 cm³/mol. The van der Waals surface area contributed by atoms with Gasteiger partial charge in [0.15, 0.2) is 0 Å². The van der Waals surface area contributed by atoms with E-state index in [9.17, 15) is 13.2 Å². The highest BCUT2D eigenvalue weighted by molar-refractivity contribution is 5.28. The number of likely N-dealkylation sites (N-methyl/N-ethyl adjacent to an activating group) is 1. The second-order valence-electron chi connectivity index (χ2n) is 5.52. The third kappa shape index (κ3) is 5.67. The molecule has 1 rings (SSSR count). The maximum Gasteiger partial charge on any atom is 0.416 e. The van der Waals surface area contributed by atoms with Gasteiger partial charge >= 0.3 is 6.18 Å². The molecule has 2 nitrogen and oxygen atoms in total. The summed E-state index contributed by atoms with van der Waals surface area (Å²) in [6, 6.07) is 5.18. The van der Waals surface area contributed by atoms with Crippen molar-refractivity contribution >= 4 is 0 Å². The van der Waals surface area contributed by atoms with E-state index in [2.05, 4.69) is 19.2 Å². The first-order valence-corrected chi connectivity index (χ1v) is 7.27. The Morgan fingerprint density at radius 2 is 1.86 bits per heavy atom. The Kier molecular flexibility index (Phi) is 6.68. The van der Waals surface area contributed by atoms with Crippen LogP contribution in [0.1, 0.15) is 44.9 Å². The molecule has 2 atom stereocenters. The van der Waals surface area contributed by atoms with Crippen LogP contribution >= 0.6 is 0 Å². The van der Waals surface area contributed by atoms with Crippen LogP contribution in [-0.2, 0) is 10.9 Å². The van der Waals surface area contributed by atoms with Crippen LogP contribution in [0.3, 0.4) is 0 Å². The van der Waals surface area contributed by atoms with E-state index in [0.29, 0.717) is 24.6 Å². The number of halogens is 3. The summed E-state index contributed by atoms with van der Waals surface area (Å²) in [5, 5.41) is 3.18. The van der Waals surface area contributed by atoms with E-state index in [4.69, 9.17) is 4.74 Å². The fourth-order valence-corrected chi connectivity index (χ4v) is 1.89. The van der Waals surface area contributed by atoms with Gasteiger partial charge < -0.3 is 10.1 Å². The predicted octanol–water partition coefficient (Wildman–Crippen LogP) is 4.42. The smallest absolute Gasteiger partial charge is 0.376 e. The molecule has 1 aromatic carbocycles. The van der Waals surface area contributed by atoms with Crippen LogP contribution in [0.25, 0.3) is 0 Å². The molecule has 1 N–H and O–H groups in total. The SMILES string of the molecule is CCNC(COC(C)C(C)C)c1cccc(C(F)(F)F)c1. The lowest BCUT2D eigenvalue weighted by Gasteiger charge is -2.23. The van der Waals surface area contributed by atoms with Crippen LogP contribution in [0.5, 0.6) is 0 Å². The zero-order chi connectivity index (χ0) is 16.0. The number of rotatable bonds is 7. The van der Waals surface area contributed by atoms with Crippen LogP contribution in [0, 0.1) is 5.92 Å². The van der Waals surface area contributed by atoms with E-state index < -0.39 is 11.7 Å². The Balaban J connectivity index is 2.85. The summed E-state index contributed by atoms with van der Waals surface area (Å²) in [5.74, 6) is 0.369. The summed E-state index contributed by atoms with van der Waals surface area (Å²) >= 11 is 0. The van der Waals surface area contributed by atoms with Gasteiger partial charge in [0.05, 0.1) is 24.3 Å². The molecule has 0 aliphatic rings. The molecule has 0 aliphatic carbocycles. The van der Waals surface area contributed by atoms with Gasteiger partial charge in [-0.05, 0) is 37.1 Å². The van der Waals surface area contributed by atoms with Crippen molar-refractivity contribution in [1.82, 2.24) is 5.32 Å². The fourth-order valence-electron chi connectivity index (χ4n) is 1.89. The molecule has 0 spiro atoms. The molecule has 0 aromatic heterocycles. The number of hydrogen-bond acceptors (Lipinski definition) is 2. The van der Waals surface area contributed by atoms with Crippen molar-refractivity contribution in [3.8, 4) is 0 Å². The molecule has 0 amide bonds. The number of benzene rings is 1. The van der Waals surface area contributed by atoms with Crippen molar-refractivity contribution in [2.24, 2.45) is 5.92 Å². The maximum atomic E-state index is 12.8. The van der Waals surface area contributed by atoms with E-state index in [-0.39, 0.29) is 12.1 Å². The maximum absolute atomic E-state index is 12.8. The third-order valence-electron chi connectivity index (χ3n) is 3.53. The van der Waals surface area contributed by atoms with Gasteiger partial charge in [-0.2, -0.15) is 13.2 Å². The first kappa shape index (κ1) is 18.0. The van der Waals surface area contributed by atoms with Crippen molar-refractivity contribution in [3.05, 3.63) is 35.4 Å². The van der Waals surface area contributed by atoms with Gasteiger partial charge in [-0.25, -0.2) is 0 Å². The highest BCUT2D eigenvalue weighted by Gasteiger charge is 2.31.